The Hall–Kier alpha value is -0.900. The van der Waals surface area contributed by atoms with Gasteiger partial charge in [0.25, 0.3) is 0 Å². The van der Waals surface area contributed by atoms with E-state index in [9.17, 15) is 5.11 Å². The van der Waals surface area contributed by atoms with Crippen molar-refractivity contribution in [3.63, 3.8) is 0 Å². The van der Waals surface area contributed by atoms with E-state index >= 15 is 0 Å². The zero-order valence-corrected chi connectivity index (χ0v) is 13.2. The number of ether oxygens (including phenoxy) is 1. The highest BCUT2D eigenvalue weighted by atomic mass is 16.5. The molecule has 1 aliphatic heterocycles. The monoisotopic (exact) mass is 277 g/mol. The van der Waals surface area contributed by atoms with Crippen molar-refractivity contribution < 1.29 is 9.84 Å². The van der Waals surface area contributed by atoms with Gasteiger partial charge in [-0.2, -0.15) is 0 Å². The lowest BCUT2D eigenvalue weighted by molar-refractivity contribution is -0.0702. The molecule has 0 radical (unpaired) electrons. The van der Waals surface area contributed by atoms with Crippen LogP contribution < -0.4 is 5.32 Å². The van der Waals surface area contributed by atoms with Crippen LogP contribution in [0.1, 0.15) is 51.3 Å². The number of aliphatic hydroxyl groups is 1. The van der Waals surface area contributed by atoms with Crippen LogP contribution in [0.25, 0.3) is 0 Å². The fraction of sp³-hybridized carbons (Fsp3) is 0.647. The molecule has 112 valence electrons. The normalized spacial score (nSPS) is 25.6. The highest BCUT2D eigenvalue weighted by Crippen LogP contribution is 2.37. The van der Waals surface area contributed by atoms with Crippen molar-refractivity contribution in [3.05, 3.63) is 35.4 Å². The SMILES string of the molecule is Cc1cccc(C(O)CNC2CC(C)(C)OC2(C)C)c1. The van der Waals surface area contributed by atoms with Crippen molar-refractivity contribution >= 4 is 0 Å². The number of hydrogen-bond acceptors (Lipinski definition) is 3. The molecule has 1 fully saturated rings. The average molecular weight is 277 g/mol. The molecule has 1 aliphatic rings. The van der Waals surface area contributed by atoms with E-state index in [0.717, 1.165) is 12.0 Å². The lowest BCUT2D eigenvalue weighted by Crippen LogP contribution is -2.44. The van der Waals surface area contributed by atoms with Gasteiger partial charge in [-0.05, 0) is 46.6 Å². The van der Waals surface area contributed by atoms with Crippen molar-refractivity contribution in [2.45, 2.75) is 64.4 Å². The summed E-state index contributed by atoms with van der Waals surface area (Å²) in [5.74, 6) is 0. The average Bonchev–Trinajstić information content (AvgIpc) is 2.53. The first-order valence-electron chi connectivity index (χ1n) is 7.38. The predicted molar refractivity (Wildman–Crippen MR) is 81.8 cm³/mol. The minimum atomic E-state index is -0.477. The molecule has 1 aromatic carbocycles. The van der Waals surface area contributed by atoms with Gasteiger partial charge in [0, 0.05) is 12.6 Å². The zero-order valence-electron chi connectivity index (χ0n) is 13.2. The Morgan fingerprint density at radius 2 is 2.05 bits per heavy atom. The number of aliphatic hydroxyl groups excluding tert-OH is 1. The predicted octanol–water partition coefficient (Wildman–Crippen LogP) is 2.96. The molecule has 0 saturated carbocycles. The molecule has 3 heteroatoms. The van der Waals surface area contributed by atoms with Crippen LogP contribution in [0, 0.1) is 6.92 Å². The van der Waals surface area contributed by atoms with E-state index in [1.807, 2.05) is 31.2 Å². The number of rotatable bonds is 4. The van der Waals surface area contributed by atoms with Gasteiger partial charge in [-0.3, -0.25) is 0 Å². The molecule has 2 atom stereocenters. The van der Waals surface area contributed by atoms with Gasteiger partial charge < -0.3 is 15.2 Å². The van der Waals surface area contributed by atoms with Gasteiger partial charge in [-0.15, -0.1) is 0 Å². The Bertz CT molecular complexity index is 468. The topological polar surface area (TPSA) is 41.5 Å². The van der Waals surface area contributed by atoms with Crippen LogP contribution in [-0.2, 0) is 4.74 Å². The van der Waals surface area contributed by atoms with Gasteiger partial charge in [0.1, 0.15) is 0 Å². The van der Waals surface area contributed by atoms with Gasteiger partial charge in [0.2, 0.25) is 0 Å². The van der Waals surface area contributed by atoms with Gasteiger partial charge in [-0.25, -0.2) is 0 Å². The van der Waals surface area contributed by atoms with Crippen LogP contribution in [0.2, 0.25) is 0 Å². The third-order valence-corrected chi connectivity index (χ3v) is 4.06. The smallest absolute Gasteiger partial charge is 0.0914 e. The second-order valence-corrected chi connectivity index (χ2v) is 7.06. The summed E-state index contributed by atoms with van der Waals surface area (Å²) in [5, 5.41) is 13.8. The van der Waals surface area contributed by atoms with Crippen molar-refractivity contribution in [1.82, 2.24) is 5.32 Å². The van der Waals surface area contributed by atoms with Crippen molar-refractivity contribution in [3.8, 4) is 0 Å². The molecule has 0 aromatic heterocycles. The summed E-state index contributed by atoms with van der Waals surface area (Å²) in [6, 6.07) is 8.29. The molecule has 0 amide bonds. The fourth-order valence-corrected chi connectivity index (χ4v) is 3.13. The van der Waals surface area contributed by atoms with Crippen molar-refractivity contribution in [1.29, 1.82) is 0 Å². The molecule has 1 saturated heterocycles. The molecule has 0 aliphatic carbocycles. The van der Waals surface area contributed by atoms with Crippen LogP contribution in [0.15, 0.2) is 24.3 Å². The minimum Gasteiger partial charge on any atom is -0.387 e. The molecule has 3 nitrogen and oxygen atoms in total. The highest BCUT2D eigenvalue weighted by Gasteiger charge is 2.45. The van der Waals surface area contributed by atoms with E-state index in [1.54, 1.807) is 0 Å². The largest absolute Gasteiger partial charge is 0.387 e. The maximum Gasteiger partial charge on any atom is 0.0914 e. The van der Waals surface area contributed by atoms with Gasteiger partial charge in [0.15, 0.2) is 0 Å². The lowest BCUT2D eigenvalue weighted by atomic mass is 9.94. The van der Waals surface area contributed by atoms with Gasteiger partial charge in [0.05, 0.1) is 17.3 Å². The molecule has 1 heterocycles. The third-order valence-electron chi connectivity index (χ3n) is 4.06. The van der Waals surface area contributed by atoms with Gasteiger partial charge >= 0.3 is 0 Å². The molecular formula is C17H27NO2. The second kappa shape index (κ2) is 5.47. The van der Waals surface area contributed by atoms with Crippen LogP contribution in [0.3, 0.4) is 0 Å². The first-order valence-corrected chi connectivity index (χ1v) is 7.38. The molecule has 2 unspecified atom stereocenters. The van der Waals surface area contributed by atoms with E-state index < -0.39 is 6.10 Å². The van der Waals surface area contributed by atoms with E-state index in [4.69, 9.17) is 4.74 Å². The van der Waals surface area contributed by atoms with E-state index in [-0.39, 0.29) is 17.2 Å². The van der Waals surface area contributed by atoms with E-state index in [0.29, 0.717) is 6.54 Å². The summed E-state index contributed by atoms with van der Waals surface area (Å²) in [4.78, 5) is 0. The summed E-state index contributed by atoms with van der Waals surface area (Å²) >= 11 is 0. The Morgan fingerprint density at radius 3 is 2.60 bits per heavy atom. The molecule has 0 bridgehead atoms. The van der Waals surface area contributed by atoms with Gasteiger partial charge in [-0.1, -0.05) is 29.8 Å². The third kappa shape index (κ3) is 3.60. The summed E-state index contributed by atoms with van der Waals surface area (Å²) in [6.07, 6.45) is 0.481. The summed E-state index contributed by atoms with van der Waals surface area (Å²) < 4.78 is 6.06. The number of aryl methyl sites for hydroxylation is 1. The van der Waals surface area contributed by atoms with E-state index in [1.165, 1.54) is 5.56 Å². The standard InChI is InChI=1S/C17H27NO2/c1-12-7-6-8-13(9-12)14(19)11-18-15-10-16(2,3)20-17(15,4)5/h6-9,14-15,18-19H,10-11H2,1-5H3. The fourth-order valence-electron chi connectivity index (χ4n) is 3.13. The molecule has 2 N–H and O–H groups in total. The van der Waals surface area contributed by atoms with Crippen molar-refractivity contribution in [2.24, 2.45) is 0 Å². The quantitative estimate of drug-likeness (QED) is 0.889. The maximum absolute atomic E-state index is 10.3. The number of nitrogens with one attached hydrogen (secondary N) is 1. The molecule has 1 aromatic rings. The minimum absolute atomic E-state index is 0.102. The zero-order chi connectivity index (χ0) is 15.0. The summed E-state index contributed by atoms with van der Waals surface area (Å²) in [7, 11) is 0. The second-order valence-electron chi connectivity index (χ2n) is 7.06. The Morgan fingerprint density at radius 1 is 1.35 bits per heavy atom. The maximum atomic E-state index is 10.3. The van der Waals surface area contributed by atoms with Crippen LogP contribution in [-0.4, -0.2) is 28.9 Å². The molecule has 2 rings (SSSR count). The van der Waals surface area contributed by atoms with Crippen molar-refractivity contribution in [2.75, 3.05) is 6.54 Å². The molecule has 0 spiro atoms. The van der Waals surface area contributed by atoms with E-state index in [2.05, 4.69) is 33.0 Å². The van der Waals surface area contributed by atoms with Crippen LogP contribution >= 0.6 is 0 Å². The Labute approximate surface area is 122 Å². The first kappa shape index (κ1) is 15.5. The summed E-state index contributed by atoms with van der Waals surface area (Å²) in [6.45, 7) is 11.1. The lowest BCUT2D eigenvalue weighted by Gasteiger charge is -2.28. The van der Waals surface area contributed by atoms with Crippen LogP contribution in [0.4, 0.5) is 0 Å². The first-order chi connectivity index (χ1) is 9.20. The Balaban J connectivity index is 1.95. The highest BCUT2D eigenvalue weighted by molar-refractivity contribution is 5.24. The number of hydrogen-bond donors (Lipinski definition) is 2. The molecule has 20 heavy (non-hydrogen) atoms. The Kier molecular flexibility index (Phi) is 4.24. The molecular weight excluding hydrogens is 250 g/mol. The number of benzene rings is 1. The van der Waals surface area contributed by atoms with Crippen LogP contribution in [0.5, 0.6) is 0 Å². The summed E-state index contributed by atoms with van der Waals surface area (Å²) in [5.41, 5.74) is 1.84.